The standard InChI is InChI=1S/C15H12F2N4OS2/c1-21-5-4-18-15(21)24-8-13(22)20-14-19-12(7-23-14)10-6-9(16)2-3-11(10)17/h2-7H,8H2,1H3,(H,19,20,22). The van der Waals surface area contributed by atoms with E-state index in [-0.39, 0.29) is 22.9 Å². The minimum atomic E-state index is -0.565. The summed E-state index contributed by atoms with van der Waals surface area (Å²) in [4.78, 5) is 20.2. The molecule has 0 atom stereocenters. The summed E-state index contributed by atoms with van der Waals surface area (Å²) in [6.07, 6.45) is 3.45. The van der Waals surface area contributed by atoms with Crippen molar-refractivity contribution >= 4 is 34.1 Å². The number of rotatable bonds is 5. The number of hydrogen-bond acceptors (Lipinski definition) is 5. The predicted octanol–water partition coefficient (Wildman–Crippen LogP) is 3.55. The van der Waals surface area contributed by atoms with Gasteiger partial charge in [0.15, 0.2) is 10.3 Å². The molecule has 0 aliphatic heterocycles. The summed E-state index contributed by atoms with van der Waals surface area (Å²) in [5.41, 5.74) is 0.346. The van der Waals surface area contributed by atoms with Gasteiger partial charge in [0, 0.05) is 30.4 Å². The fourth-order valence-corrected chi connectivity index (χ4v) is 3.38. The highest BCUT2D eigenvalue weighted by atomic mass is 32.2. The van der Waals surface area contributed by atoms with Crippen molar-refractivity contribution in [3.05, 3.63) is 47.6 Å². The number of imidazole rings is 1. The first-order chi connectivity index (χ1) is 11.5. The quantitative estimate of drug-likeness (QED) is 0.702. The van der Waals surface area contributed by atoms with Crippen LogP contribution in [0.15, 0.2) is 41.1 Å². The Bertz CT molecular complexity index is 878. The van der Waals surface area contributed by atoms with E-state index in [0.29, 0.717) is 5.13 Å². The van der Waals surface area contributed by atoms with Gasteiger partial charge in [0.2, 0.25) is 5.91 Å². The van der Waals surface area contributed by atoms with E-state index < -0.39 is 11.6 Å². The lowest BCUT2D eigenvalue weighted by Crippen LogP contribution is -2.14. The maximum Gasteiger partial charge on any atom is 0.236 e. The van der Waals surface area contributed by atoms with Crippen molar-refractivity contribution in [2.45, 2.75) is 5.16 Å². The second kappa shape index (κ2) is 7.10. The Balaban J connectivity index is 1.64. The molecule has 2 heterocycles. The lowest BCUT2D eigenvalue weighted by molar-refractivity contribution is -0.113. The summed E-state index contributed by atoms with van der Waals surface area (Å²) < 4.78 is 28.8. The van der Waals surface area contributed by atoms with E-state index >= 15 is 0 Å². The monoisotopic (exact) mass is 366 g/mol. The fourth-order valence-electron chi connectivity index (χ4n) is 1.93. The van der Waals surface area contributed by atoms with Crippen molar-refractivity contribution in [3.8, 4) is 11.3 Å². The lowest BCUT2D eigenvalue weighted by atomic mass is 10.1. The molecular formula is C15H12F2N4OS2. The van der Waals surface area contributed by atoms with Gasteiger partial charge in [0.05, 0.1) is 11.4 Å². The number of aromatic nitrogens is 3. The first-order valence-electron chi connectivity index (χ1n) is 6.84. The van der Waals surface area contributed by atoms with Gasteiger partial charge in [-0.05, 0) is 18.2 Å². The van der Waals surface area contributed by atoms with Gasteiger partial charge in [0.1, 0.15) is 11.6 Å². The molecule has 9 heteroatoms. The molecule has 124 valence electrons. The van der Waals surface area contributed by atoms with Gasteiger partial charge in [-0.1, -0.05) is 11.8 Å². The van der Waals surface area contributed by atoms with Crippen molar-refractivity contribution in [2.75, 3.05) is 11.1 Å². The average Bonchev–Trinajstić information content (AvgIpc) is 3.17. The van der Waals surface area contributed by atoms with E-state index in [0.717, 1.165) is 34.7 Å². The number of carbonyl (C=O) groups excluding carboxylic acids is 1. The van der Waals surface area contributed by atoms with Crippen LogP contribution in [-0.4, -0.2) is 26.2 Å². The number of halogens is 2. The SMILES string of the molecule is Cn1ccnc1SCC(=O)Nc1nc(-c2cc(F)ccc2F)cs1. The third-order valence-electron chi connectivity index (χ3n) is 3.06. The van der Waals surface area contributed by atoms with Crippen LogP contribution in [0.25, 0.3) is 11.3 Å². The molecule has 1 amide bonds. The highest BCUT2D eigenvalue weighted by Gasteiger charge is 2.13. The van der Waals surface area contributed by atoms with Crippen molar-refractivity contribution < 1.29 is 13.6 Å². The molecule has 0 saturated carbocycles. The molecule has 0 saturated heterocycles. The zero-order chi connectivity index (χ0) is 17.1. The molecule has 0 aliphatic rings. The van der Waals surface area contributed by atoms with Crippen molar-refractivity contribution in [3.63, 3.8) is 0 Å². The molecule has 1 N–H and O–H groups in total. The lowest BCUT2D eigenvalue weighted by Gasteiger charge is -2.02. The molecule has 3 rings (SSSR count). The summed E-state index contributed by atoms with van der Waals surface area (Å²) in [7, 11) is 1.84. The van der Waals surface area contributed by atoms with Gasteiger partial charge < -0.3 is 9.88 Å². The van der Waals surface area contributed by atoms with Crippen molar-refractivity contribution in [1.29, 1.82) is 0 Å². The number of nitrogens with zero attached hydrogens (tertiary/aromatic N) is 3. The summed E-state index contributed by atoms with van der Waals surface area (Å²) in [6.45, 7) is 0. The molecule has 0 radical (unpaired) electrons. The molecule has 3 aromatic rings. The van der Waals surface area contributed by atoms with Crippen LogP contribution < -0.4 is 5.32 Å². The van der Waals surface area contributed by atoms with Crippen LogP contribution in [0, 0.1) is 11.6 Å². The minimum absolute atomic E-state index is 0.0640. The maximum atomic E-state index is 13.7. The number of amides is 1. The minimum Gasteiger partial charge on any atom is -0.329 e. The number of anilines is 1. The van der Waals surface area contributed by atoms with Crippen LogP contribution in [-0.2, 0) is 11.8 Å². The van der Waals surface area contributed by atoms with E-state index in [4.69, 9.17) is 0 Å². The number of nitrogens with one attached hydrogen (secondary N) is 1. The van der Waals surface area contributed by atoms with E-state index in [1.165, 1.54) is 11.8 Å². The van der Waals surface area contributed by atoms with Gasteiger partial charge in [-0.25, -0.2) is 18.7 Å². The van der Waals surface area contributed by atoms with E-state index in [1.54, 1.807) is 17.8 Å². The number of aryl methyl sites for hydroxylation is 1. The number of benzene rings is 1. The zero-order valence-corrected chi connectivity index (χ0v) is 14.1. The third kappa shape index (κ3) is 3.80. The molecule has 1 aromatic carbocycles. The zero-order valence-electron chi connectivity index (χ0n) is 12.5. The molecule has 0 bridgehead atoms. The second-order valence-electron chi connectivity index (χ2n) is 4.82. The Morgan fingerprint density at radius 1 is 1.42 bits per heavy atom. The number of hydrogen-bond donors (Lipinski definition) is 1. The molecule has 0 unspecified atom stereocenters. The Hall–Kier alpha value is -2.26. The van der Waals surface area contributed by atoms with Crippen LogP contribution in [0.3, 0.4) is 0 Å². The molecule has 0 fully saturated rings. The molecule has 5 nitrogen and oxygen atoms in total. The first kappa shape index (κ1) is 16.6. The molecular weight excluding hydrogens is 354 g/mol. The molecule has 24 heavy (non-hydrogen) atoms. The van der Waals surface area contributed by atoms with Crippen LogP contribution in [0.5, 0.6) is 0 Å². The van der Waals surface area contributed by atoms with Gasteiger partial charge in [0.25, 0.3) is 0 Å². The Morgan fingerprint density at radius 3 is 3.00 bits per heavy atom. The largest absolute Gasteiger partial charge is 0.329 e. The van der Waals surface area contributed by atoms with Gasteiger partial charge in [-0.3, -0.25) is 4.79 Å². The summed E-state index contributed by atoms with van der Waals surface area (Å²) in [5.74, 6) is -1.18. The number of thiazole rings is 1. The number of carbonyl (C=O) groups is 1. The van der Waals surface area contributed by atoms with Crippen LogP contribution in [0.1, 0.15) is 0 Å². The summed E-state index contributed by atoms with van der Waals surface area (Å²) in [5, 5.41) is 5.27. The Morgan fingerprint density at radius 2 is 2.25 bits per heavy atom. The second-order valence-corrected chi connectivity index (χ2v) is 6.62. The average molecular weight is 366 g/mol. The van der Waals surface area contributed by atoms with Crippen LogP contribution >= 0.6 is 23.1 Å². The maximum absolute atomic E-state index is 13.7. The third-order valence-corrected chi connectivity index (χ3v) is 4.88. The molecule has 2 aromatic heterocycles. The Kier molecular flexibility index (Phi) is 4.91. The highest BCUT2D eigenvalue weighted by Crippen LogP contribution is 2.27. The highest BCUT2D eigenvalue weighted by molar-refractivity contribution is 7.99. The van der Waals surface area contributed by atoms with Gasteiger partial charge in [-0.15, -0.1) is 11.3 Å². The smallest absolute Gasteiger partial charge is 0.236 e. The van der Waals surface area contributed by atoms with Crippen LogP contribution in [0.4, 0.5) is 13.9 Å². The topological polar surface area (TPSA) is 59.8 Å². The van der Waals surface area contributed by atoms with Gasteiger partial charge in [-0.2, -0.15) is 0 Å². The molecule has 0 aliphatic carbocycles. The fraction of sp³-hybridized carbons (Fsp3) is 0.133. The summed E-state index contributed by atoms with van der Waals surface area (Å²) >= 11 is 2.45. The number of thioether (sulfide) groups is 1. The van der Waals surface area contributed by atoms with Gasteiger partial charge >= 0.3 is 0 Å². The van der Waals surface area contributed by atoms with E-state index in [9.17, 15) is 13.6 Å². The predicted molar refractivity (Wildman–Crippen MR) is 90.0 cm³/mol. The summed E-state index contributed by atoms with van der Waals surface area (Å²) in [6, 6.07) is 3.17. The van der Waals surface area contributed by atoms with Crippen LogP contribution in [0.2, 0.25) is 0 Å². The van der Waals surface area contributed by atoms with Crippen molar-refractivity contribution in [1.82, 2.24) is 14.5 Å². The Labute approximate surface area is 144 Å². The first-order valence-corrected chi connectivity index (χ1v) is 8.70. The van der Waals surface area contributed by atoms with E-state index in [2.05, 4.69) is 15.3 Å². The molecule has 0 spiro atoms. The van der Waals surface area contributed by atoms with E-state index in [1.807, 2.05) is 11.6 Å². The normalized spacial score (nSPS) is 10.8. The van der Waals surface area contributed by atoms with Crippen molar-refractivity contribution in [2.24, 2.45) is 7.05 Å².